The second-order valence-corrected chi connectivity index (χ2v) is 5.94. The average molecular weight is 294 g/mol. The molecule has 1 aliphatic heterocycles. The van der Waals surface area contributed by atoms with Gasteiger partial charge in [-0.1, -0.05) is 19.9 Å². The molecule has 1 atom stereocenters. The number of hydrogen-bond donors (Lipinski definition) is 1. The van der Waals surface area contributed by atoms with Gasteiger partial charge in [-0.15, -0.1) is 0 Å². The molecule has 0 spiro atoms. The average Bonchev–Trinajstić information content (AvgIpc) is 2.73. The third-order valence-corrected chi connectivity index (χ3v) is 3.53. The number of nitrogens with one attached hydrogen (secondary N) is 1. The molecule has 1 aromatic rings. The van der Waals surface area contributed by atoms with Gasteiger partial charge in [0.2, 0.25) is 0 Å². The number of amides is 1. The molecule has 116 valence electrons. The van der Waals surface area contributed by atoms with Crippen molar-refractivity contribution in [3.63, 3.8) is 0 Å². The fourth-order valence-electron chi connectivity index (χ4n) is 2.31. The normalized spacial score (nSPS) is 18.6. The van der Waals surface area contributed by atoms with Crippen molar-refractivity contribution >= 4 is 5.91 Å². The Morgan fingerprint density at radius 3 is 2.81 bits per heavy atom. The van der Waals surface area contributed by atoms with Gasteiger partial charge in [0.15, 0.2) is 17.7 Å². The molecule has 1 aliphatic rings. The van der Waals surface area contributed by atoms with E-state index in [2.05, 4.69) is 19.2 Å². The van der Waals surface area contributed by atoms with Gasteiger partial charge in [0.25, 0.3) is 5.91 Å². The number of rotatable bonds is 6. The zero-order chi connectivity index (χ0) is 15.4. The maximum atomic E-state index is 14.0. The lowest BCUT2D eigenvalue weighted by atomic mass is 10.2. The minimum Gasteiger partial charge on any atom is -0.477 e. The number of likely N-dealkylation sites (N-methyl/N-ethyl adjacent to an activating group) is 1. The standard InChI is InChI=1S/C16H23FN2O2/c1-11(2)9-18-10-12-4-5-14(13(17)8-12)21-15-6-7-19(3)16(15)20/h4-5,8,11,15,18H,6-7,9-10H2,1-3H3. The summed E-state index contributed by atoms with van der Waals surface area (Å²) in [6.45, 7) is 6.42. The van der Waals surface area contributed by atoms with Gasteiger partial charge < -0.3 is 15.0 Å². The molecule has 5 heteroatoms. The van der Waals surface area contributed by atoms with Crippen LogP contribution in [-0.2, 0) is 11.3 Å². The SMILES string of the molecule is CC(C)CNCc1ccc(OC2CCN(C)C2=O)c(F)c1. The van der Waals surface area contributed by atoms with Crippen molar-refractivity contribution in [1.29, 1.82) is 0 Å². The highest BCUT2D eigenvalue weighted by atomic mass is 19.1. The van der Waals surface area contributed by atoms with E-state index in [0.29, 0.717) is 25.4 Å². The Morgan fingerprint density at radius 2 is 2.24 bits per heavy atom. The Labute approximate surface area is 125 Å². The zero-order valence-corrected chi connectivity index (χ0v) is 12.9. The van der Waals surface area contributed by atoms with Crippen LogP contribution in [0.3, 0.4) is 0 Å². The quantitative estimate of drug-likeness (QED) is 0.874. The summed E-state index contributed by atoms with van der Waals surface area (Å²) >= 11 is 0. The first-order valence-corrected chi connectivity index (χ1v) is 7.38. The Bertz CT molecular complexity index is 505. The van der Waals surface area contributed by atoms with Crippen LogP contribution < -0.4 is 10.1 Å². The fourth-order valence-corrected chi connectivity index (χ4v) is 2.31. The van der Waals surface area contributed by atoms with Crippen LogP contribution in [0.4, 0.5) is 4.39 Å². The molecule has 0 aromatic heterocycles. The number of carbonyl (C=O) groups excluding carboxylic acids is 1. The van der Waals surface area contributed by atoms with Gasteiger partial charge in [-0.3, -0.25) is 4.79 Å². The Morgan fingerprint density at radius 1 is 1.48 bits per heavy atom. The maximum Gasteiger partial charge on any atom is 0.263 e. The van der Waals surface area contributed by atoms with E-state index in [1.54, 1.807) is 18.0 Å². The maximum absolute atomic E-state index is 14.0. The molecule has 0 aliphatic carbocycles. The Hall–Kier alpha value is -1.62. The molecule has 4 nitrogen and oxygen atoms in total. The van der Waals surface area contributed by atoms with Crippen molar-refractivity contribution in [3.05, 3.63) is 29.6 Å². The van der Waals surface area contributed by atoms with Gasteiger partial charge in [0, 0.05) is 26.6 Å². The van der Waals surface area contributed by atoms with E-state index in [1.807, 2.05) is 6.07 Å². The molecule has 0 radical (unpaired) electrons. The number of benzene rings is 1. The van der Waals surface area contributed by atoms with Crippen LogP contribution >= 0.6 is 0 Å². The van der Waals surface area contributed by atoms with E-state index in [1.165, 1.54) is 6.07 Å². The number of ether oxygens (including phenoxy) is 1. The first-order valence-electron chi connectivity index (χ1n) is 7.38. The van der Waals surface area contributed by atoms with Crippen molar-refractivity contribution in [3.8, 4) is 5.75 Å². The number of likely N-dealkylation sites (tertiary alicyclic amines) is 1. The van der Waals surface area contributed by atoms with Gasteiger partial charge in [0.1, 0.15) is 0 Å². The van der Waals surface area contributed by atoms with E-state index in [4.69, 9.17) is 4.74 Å². The van der Waals surface area contributed by atoms with Crippen molar-refractivity contribution in [2.45, 2.75) is 32.9 Å². The van der Waals surface area contributed by atoms with Crippen molar-refractivity contribution in [2.24, 2.45) is 5.92 Å². The van der Waals surface area contributed by atoms with Crippen LogP contribution in [0.25, 0.3) is 0 Å². The largest absolute Gasteiger partial charge is 0.477 e. The molecule has 2 rings (SSSR count). The molecular formula is C16H23FN2O2. The van der Waals surface area contributed by atoms with Crippen LogP contribution in [0, 0.1) is 11.7 Å². The van der Waals surface area contributed by atoms with Gasteiger partial charge >= 0.3 is 0 Å². The predicted octanol–water partition coefficient (Wildman–Crippen LogP) is 2.18. The summed E-state index contributed by atoms with van der Waals surface area (Å²) in [5, 5.41) is 3.27. The second kappa shape index (κ2) is 6.89. The van der Waals surface area contributed by atoms with Crippen molar-refractivity contribution < 1.29 is 13.9 Å². The number of halogens is 1. The number of hydrogen-bond acceptors (Lipinski definition) is 3. The highest BCUT2D eigenvalue weighted by Gasteiger charge is 2.31. The monoisotopic (exact) mass is 294 g/mol. The lowest BCUT2D eigenvalue weighted by molar-refractivity contribution is -0.132. The third-order valence-electron chi connectivity index (χ3n) is 3.53. The van der Waals surface area contributed by atoms with Crippen molar-refractivity contribution in [2.75, 3.05) is 20.1 Å². The van der Waals surface area contributed by atoms with Crippen LogP contribution in [-0.4, -0.2) is 37.0 Å². The highest BCUT2D eigenvalue weighted by molar-refractivity contribution is 5.83. The molecule has 1 N–H and O–H groups in total. The van der Waals surface area contributed by atoms with Crippen LogP contribution in [0.1, 0.15) is 25.8 Å². The van der Waals surface area contributed by atoms with E-state index >= 15 is 0 Å². The first-order chi connectivity index (χ1) is 9.97. The lowest BCUT2D eigenvalue weighted by Crippen LogP contribution is -2.29. The predicted molar refractivity (Wildman–Crippen MR) is 79.6 cm³/mol. The van der Waals surface area contributed by atoms with Crippen LogP contribution in [0.15, 0.2) is 18.2 Å². The smallest absolute Gasteiger partial charge is 0.263 e. The molecule has 0 bridgehead atoms. The van der Waals surface area contributed by atoms with Gasteiger partial charge in [-0.2, -0.15) is 0 Å². The summed E-state index contributed by atoms with van der Waals surface area (Å²) in [5.74, 6) is 0.206. The Balaban J connectivity index is 1.94. The minimum atomic E-state index is -0.561. The molecule has 1 fully saturated rings. The molecule has 1 saturated heterocycles. The molecular weight excluding hydrogens is 271 g/mol. The van der Waals surface area contributed by atoms with E-state index in [9.17, 15) is 9.18 Å². The third kappa shape index (κ3) is 4.17. The van der Waals surface area contributed by atoms with Gasteiger partial charge in [-0.25, -0.2) is 4.39 Å². The van der Waals surface area contributed by atoms with E-state index in [-0.39, 0.29) is 11.7 Å². The summed E-state index contributed by atoms with van der Waals surface area (Å²) in [7, 11) is 1.73. The number of nitrogens with zero attached hydrogens (tertiary/aromatic N) is 1. The summed E-state index contributed by atoms with van der Waals surface area (Å²) < 4.78 is 19.5. The summed E-state index contributed by atoms with van der Waals surface area (Å²) in [4.78, 5) is 13.4. The lowest BCUT2D eigenvalue weighted by Gasteiger charge is -2.14. The van der Waals surface area contributed by atoms with Gasteiger partial charge in [0.05, 0.1) is 0 Å². The molecule has 21 heavy (non-hydrogen) atoms. The summed E-state index contributed by atoms with van der Waals surface area (Å²) in [6, 6.07) is 4.90. The molecule has 1 aromatic carbocycles. The first kappa shape index (κ1) is 15.8. The Kier molecular flexibility index (Phi) is 5.17. The number of carbonyl (C=O) groups is 1. The van der Waals surface area contributed by atoms with E-state index < -0.39 is 11.9 Å². The zero-order valence-electron chi connectivity index (χ0n) is 12.9. The van der Waals surface area contributed by atoms with E-state index in [0.717, 1.165) is 12.1 Å². The minimum absolute atomic E-state index is 0.0860. The molecule has 1 unspecified atom stereocenters. The highest BCUT2D eigenvalue weighted by Crippen LogP contribution is 2.23. The summed E-state index contributed by atoms with van der Waals surface area (Å²) in [5.41, 5.74) is 0.871. The van der Waals surface area contributed by atoms with Crippen LogP contribution in [0.2, 0.25) is 0 Å². The molecule has 1 heterocycles. The topological polar surface area (TPSA) is 41.6 Å². The van der Waals surface area contributed by atoms with Crippen LogP contribution in [0.5, 0.6) is 5.75 Å². The summed E-state index contributed by atoms with van der Waals surface area (Å²) in [6.07, 6.45) is 0.0429. The van der Waals surface area contributed by atoms with Crippen molar-refractivity contribution in [1.82, 2.24) is 10.2 Å². The molecule has 1 amide bonds. The second-order valence-electron chi connectivity index (χ2n) is 5.94. The van der Waals surface area contributed by atoms with Gasteiger partial charge in [-0.05, 0) is 30.2 Å². The fraction of sp³-hybridized carbons (Fsp3) is 0.562. The molecule has 0 saturated carbocycles.